The van der Waals surface area contributed by atoms with Gasteiger partial charge >= 0.3 is 60.3 Å². The Morgan fingerprint density at radius 2 is 0.939 bits per heavy atom. The van der Waals surface area contributed by atoms with Crippen molar-refractivity contribution in [2.24, 2.45) is 0 Å². The maximum Gasteiger partial charge on any atom is 0.473 e. The predicted octanol–water partition coefficient (Wildman–Crippen LogP) is 5.66. The number of carbonyl (C=O) groups is 2. The van der Waals surface area contributed by atoms with Crippen molar-refractivity contribution in [1.82, 2.24) is 0 Å². The van der Waals surface area contributed by atoms with Crippen LogP contribution in [0.2, 0.25) is 0 Å². The molecule has 0 saturated heterocycles. The Balaban J connectivity index is 6.25. The molecule has 33 heavy (non-hydrogen) atoms. The molecule has 1 atom stereocenters. The summed E-state index contributed by atoms with van der Waals surface area (Å²) < 4.78 is 221. The third kappa shape index (κ3) is 5.25. The molecule has 4 nitrogen and oxygen atoms in total. The molecule has 0 heterocycles. The van der Waals surface area contributed by atoms with E-state index in [1.165, 1.54) is 0 Å². The zero-order valence-corrected chi connectivity index (χ0v) is 14.1. The van der Waals surface area contributed by atoms with Crippen LogP contribution in [0.4, 0.5) is 74.6 Å². The molecular weight excluding hydrogens is 531 g/mol. The van der Waals surface area contributed by atoms with Crippen LogP contribution in [0.1, 0.15) is 0 Å². The van der Waals surface area contributed by atoms with Crippen LogP contribution >= 0.6 is 0 Å². The van der Waals surface area contributed by atoms with Crippen molar-refractivity contribution in [2.45, 2.75) is 36.2 Å². The summed E-state index contributed by atoms with van der Waals surface area (Å²) in [6.07, 6.45) is -20.8. The summed E-state index contributed by atoms with van der Waals surface area (Å²) in [6.45, 7) is 0. The van der Waals surface area contributed by atoms with Crippen LogP contribution in [0.5, 0.6) is 0 Å². The summed E-state index contributed by atoms with van der Waals surface area (Å²) in [5.74, 6) is -46.8. The molecule has 0 spiro atoms. The van der Waals surface area contributed by atoms with E-state index in [1.807, 2.05) is 4.74 Å². The van der Waals surface area contributed by atoms with Crippen LogP contribution < -0.4 is 0 Å². The molecule has 0 fully saturated rings. The van der Waals surface area contributed by atoms with E-state index in [-0.39, 0.29) is 0 Å². The fourth-order valence-corrected chi connectivity index (χ4v) is 1.33. The van der Waals surface area contributed by atoms with Gasteiger partial charge in [0.05, 0.1) is 0 Å². The lowest BCUT2D eigenvalue weighted by atomic mass is 9.97. The van der Waals surface area contributed by atoms with Gasteiger partial charge in [0.2, 0.25) is 0 Å². The monoisotopic (exact) mass is 532 g/mol. The summed E-state index contributed by atoms with van der Waals surface area (Å²) in [6, 6.07) is 0. The molecule has 0 aromatic heterocycles. The van der Waals surface area contributed by atoms with E-state index < -0.39 is 71.9 Å². The Labute approximate surface area is 167 Å². The average Bonchev–Trinajstić information content (AvgIpc) is 2.64. The van der Waals surface area contributed by atoms with E-state index in [0.29, 0.717) is 0 Å². The van der Waals surface area contributed by atoms with Gasteiger partial charge in [-0.05, 0) is 0 Å². The molecule has 0 aliphatic heterocycles. The molecule has 0 aromatic rings. The molecule has 0 saturated carbocycles. The minimum absolute atomic E-state index is 1.89. The minimum atomic E-state index is -8.28. The number of rotatable bonds is 9. The molecular formula is C12HF17O4. The standard InChI is InChI=1S/C12HF17O4/c13-1(3(15)16)5(30)32-7(19)8(20,21)9(22,23)10(24,25)11(26,27)12(28,29)33-6(31)2(14)4(17)18/h7H. The number of esters is 2. The van der Waals surface area contributed by atoms with Gasteiger partial charge in [-0.15, -0.1) is 0 Å². The van der Waals surface area contributed by atoms with Crippen molar-refractivity contribution >= 4 is 11.9 Å². The van der Waals surface area contributed by atoms with E-state index in [1.54, 1.807) is 0 Å². The first-order valence-electron chi connectivity index (χ1n) is 6.79. The van der Waals surface area contributed by atoms with Crippen LogP contribution in [0.15, 0.2) is 23.8 Å². The SMILES string of the molecule is O=C(OC(F)C(F)(F)C(F)(F)C(F)(F)C(F)(F)C(F)(F)OC(=O)C(F)=C(F)F)C(F)=C(F)F. The first kappa shape index (κ1) is 30.2. The third-order valence-electron chi connectivity index (χ3n) is 2.98. The van der Waals surface area contributed by atoms with Crippen molar-refractivity contribution in [2.75, 3.05) is 0 Å². The van der Waals surface area contributed by atoms with Gasteiger partial charge in [-0.1, -0.05) is 0 Å². The lowest BCUT2D eigenvalue weighted by molar-refractivity contribution is -0.445. The topological polar surface area (TPSA) is 52.6 Å². The van der Waals surface area contributed by atoms with Gasteiger partial charge in [0.1, 0.15) is 0 Å². The summed E-state index contributed by atoms with van der Waals surface area (Å²) in [5.41, 5.74) is 0. The van der Waals surface area contributed by atoms with Gasteiger partial charge in [0, 0.05) is 0 Å². The number of carbonyl (C=O) groups excluding carboxylic acids is 2. The minimum Gasteiger partial charge on any atom is -0.419 e. The highest BCUT2D eigenvalue weighted by Crippen LogP contribution is 2.58. The Kier molecular flexibility index (Phi) is 8.46. The van der Waals surface area contributed by atoms with Crippen LogP contribution in [-0.2, 0) is 19.1 Å². The zero-order chi connectivity index (χ0) is 27.0. The normalized spacial score (nSPS) is 14.3. The Morgan fingerprint density at radius 3 is 1.30 bits per heavy atom. The summed E-state index contributed by atoms with van der Waals surface area (Å²) in [5, 5.41) is 0. The first-order chi connectivity index (χ1) is 14.4. The van der Waals surface area contributed by atoms with Crippen molar-refractivity contribution in [3.8, 4) is 0 Å². The fourth-order valence-electron chi connectivity index (χ4n) is 1.33. The number of halogens is 17. The Morgan fingerprint density at radius 1 is 0.576 bits per heavy atom. The van der Waals surface area contributed by atoms with E-state index >= 15 is 0 Å². The molecule has 0 aliphatic rings. The summed E-state index contributed by atoms with van der Waals surface area (Å²) >= 11 is 0. The Hall–Kier alpha value is -2.77. The molecule has 0 N–H and O–H groups in total. The third-order valence-corrected chi connectivity index (χ3v) is 2.98. The molecule has 192 valence electrons. The second-order valence-corrected chi connectivity index (χ2v) is 5.12. The van der Waals surface area contributed by atoms with Gasteiger partial charge in [-0.2, -0.15) is 74.6 Å². The average molecular weight is 532 g/mol. The molecule has 0 bridgehead atoms. The lowest BCUT2D eigenvalue weighted by Gasteiger charge is -2.38. The maximum atomic E-state index is 13.3. The van der Waals surface area contributed by atoms with Crippen molar-refractivity contribution < 1.29 is 93.7 Å². The van der Waals surface area contributed by atoms with Gasteiger partial charge in [-0.3, -0.25) is 0 Å². The summed E-state index contributed by atoms with van der Waals surface area (Å²) in [4.78, 5) is 20.9. The highest BCUT2D eigenvalue weighted by Gasteiger charge is 2.89. The molecule has 21 heteroatoms. The second-order valence-electron chi connectivity index (χ2n) is 5.12. The number of hydrogen-bond donors (Lipinski definition) is 0. The molecule has 1 unspecified atom stereocenters. The second kappa shape index (κ2) is 9.23. The van der Waals surface area contributed by atoms with E-state index in [9.17, 15) is 84.2 Å². The Bertz CT molecular complexity index is 837. The van der Waals surface area contributed by atoms with Gasteiger partial charge in [0.25, 0.3) is 11.7 Å². The molecule has 0 amide bonds. The quantitative estimate of drug-likeness (QED) is 0.219. The lowest BCUT2D eigenvalue weighted by Crippen LogP contribution is -2.69. The number of alkyl halides is 11. The highest BCUT2D eigenvalue weighted by atomic mass is 19.4. The zero-order valence-electron chi connectivity index (χ0n) is 14.1. The van der Waals surface area contributed by atoms with Crippen LogP contribution in [-0.4, -0.2) is 48.1 Å². The van der Waals surface area contributed by atoms with Crippen molar-refractivity contribution in [3.05, 3.63) is 23.8 Å². The maximum absolute atomic E-state index is 13.3. The summed E-state index contributed by atoms with van der Waals surface area (Å²) in [7, 11) is 0. The van der Waals surface area contributed by atoms with Crippen LogP contribution in [0.3, 0.4) is 0 Å². The molecule has 0 rings (SSSR count). The predicted molar refractivity (Wildman–Crippen MR) is 62.5 cm³/mol. The van der Waals surface area contributed by atoms with Crippen molar-refractivity contribution in [1.29, 1.82) is 0 Å². The highest BCUT2D eigenvalue weighted by molar-refractivity contribution is 5.86. The largest absolute Gasteiger partial charge is 0.473 e. The molecule has 0 aliphatic carbocycles. The number of hydrogen-bond acceptors (Lipinski definition) is 4. The van der Waals surface area contributed by atoms with E-state index in [4.69, 9.17) is 0 Å². The van der Waals surface area contributed by atoms with Crippen LogP contribution in [0.25, 0.3) is 0 Å². The first-order valence-corrected chi connectivity index (χ1v) is 6.79. The van der Waals surface area contributed by atoms with Gasteiger partial charge < -0.3 is 9.47 Å². The smallest absolute Gasteiger partial charge is 0.419 e. The van der Waals surface area contributed by atoms with Crippen molar-refractivity contribution in [3.63, 3.8) is 0 Å². The van der Waals surface area contributed by atoms with Crippen LogP contribution in [0, 0.1) is 0 Å². The molecule has 0 aromatic carbocycles. The van der Waals surface area contributed by atoms with Gasteiger partial charge in [0.15, 0.2) is 0 Å². The van der Waals surface area contributed by atoms with Gasteiger partial charge in [-0.25, -0.2) is 9.59 Å². The molecule has 0 radical (unpaired) electrons. The number of ether oxygens (including phenoxy) is 2. The van der Waals surface area contributed by atoms with E-state index in [0.717, 1.165) is 0 Å². The fraction of sp³-hybridized carbons (Fsp3) is 0.500. The van der Waals surface area contributed by atoms with E-state index in [2.05, 4.69) is 4.74 Å².